The third kappa shape index (κ3) is 3.86. The smallest absolute Gasteiger partial charge is 0.0997 e. The minimum absolute atomic E-state index is 0.563. The van der Waals surface area contributed by atoms with Crippen molar-refractivity contribution in [3.63, 3.8) is 0 Å². The Hall–Kier alpha value is -0.500. The highest BCUT2D eigenvalue weighted by Gasteiger charge is 2.09. The van der Waals surface area contributed by atoms with Crippen LogP contribution in [0.5, 0.6) is 0 Å². The standard InChI is InChI=1S/C13H21NS/c1-9(2)8-15-13-12(10(3)4)7-6-11(5)14-13/h6-7,9-10H,8H2,1-5H3. The Bertz CT molecular complexity index is 318. The SMILES string of the molecule is Cc1ccc(C(C)C)c(SCC(C)C)n1. The molecule has 0 atom stereocenters. The summed E-state index contributed by atoms with van der Waals surface area (Å²) in [5, 5.41) is 1.22. The third-order valence-corrected chi connectivity index (χ3v) is 3.64. The predicted octanol–water partition coefficient (Wildman–Crippen LogP) is 4.26. The first-order chi connectivity index (χ1) is 7.00. The molecule has 0 aliphatic heterocycles. The Balaban J connectivity index is 2.87. The second-order valence-electron chi connectivity index (χ2n) is 4.71. The van der Waals surface area contributed by atoms with Crippen LogP contribution in [0.2, 0.25) is 0 Å². The van der Waals surface area contributed by atoms with Gasteiger partial charge in [0.05, 0.1) is 5.03 Å². The van der Waals surface area contributed by atoms with Crippen molar-refractivity contribution in [2.24, 2.45) is 5.92 Å². The van der Waals surface area contributed by atoms with E-state index in [1.54, 1.807) is 0 Å². The van der Waals surface area contributed by atoms with Gasteiger partial charge in [-0.15, -0.1) is 11.8 Å². The van der Waals surface area contributed by atoms with E-state index in [9.17, 15) is 0 Å². The van der Waals surface area contributed by atoms with Gasteiger partial charge in [0.15, 0.2) is 0 Å². The lowest BCUT2D eigenvalue weighted by atomic mass is 10.1. The van der Waals surface area contributed by atoms with Crippen LogP contribution in [0.1, 0.15) is 44.9 Å². The van der Waals surface area contributed by atoms with E-state index in [-0.39, 0.29) is 0 Å². The Morgan fingerprint density at radius 2 is 1.87 bits per heavy atom. The van der Waals surface area contributed by atoms with Gasteiger partial charge >= 0.3 is 0 Å². The maximum absolute atomic E-state index is 4.63. The molecule has 1 rings (SSSR count). The van der Waals surface area contributed by atoms with Gasteiger partial charge in [0.1, 0.15) is 0 Å². The fourth-order valence-electron chi connectivity index (χ4n) is 1.34. The van der Waals surface area contributed by atoms with Crippen LogP contribution in [-0.4, -0.2) is 10.7 Å². The zero-order chi connectivity index (χ0) is 11.4. The van der Waals surface area contributed by atoms with E-state index in [4.69, 9.17) is 0 Å². The fourth-order valence-corrected chi connectivity index (χ4v) is 2.51. The molecule has 0 aliphatic carbocycles. The van der Waals surface area contributed by atoms with E-state index >= 15 is 0 Å². The lowest BCUT2D eigenvalue weighted by Gasteiger charge is -2.12. The average molecular weight is 223 g/mol. The van der Waals surface area contributed by atoms with Gasteiger partial charge in [-0.25, -0.2) is 4.98 Å². The second-order valence-corrected chi connectivity index (χ2v) is 5.72. The number of aromatic nitrogens is 1. The zero-order valence-electron chi connectivity index (χ0n) is 10.4. The molecule has 0 unspecified atom stereocenters. The maximum atomic E-state index is 4.63. The van der Waals surface area contributed by atoms with E-state index in [0.29, 0.717) is 5.92 Å². The van der Waals surface area contributed by atoms with Crippen LogP contribution >= 0.6 is 11.8 Å². The predicted molar refractivity (Wildman–Crippen MR) is 68.6 cm³/mol. The van der Waals surface area contributed by atoms with Crippen LogP contribution in [0.4, 0.5) is 0 Å². The molecule has 1 heterocycles. The zero-order valence-corrected chi connectivity index (χ0v) is 11.2. The Kier molecular flexibility index (Phi) is 4.65. The summed E-state index contributed by atoms with van der Waals surface area (Å²) in [7, 11) is 0. The monoisotopic (exact) mass is 223 g/mol. The van der Waals surface area contributed by atoms with Crippen molar-refractivity contribution in [2.45, 2.75) is 45.6 Å². The number of hydrogen-bond donors (Lipinski definition) is 0. The molecule has 1 aromatic rings. The van der Waals surface area contributed by atoms with Gasteiger partial charge in [-0.05, 0) is 30.4 Å². The number of nitrogens with zero attached hydrogens (tertiary/aromatic N) is 1. The van der Waals surface area contributed by atoms with Gasteiger partial charge in [-0.3, -0.25) is 0 Å². The van der Waals surface area contributed by atoms with Crippen LogP contribution in [0.15, 0.2) is 17.2 Å². The quantitative estimate of drug-likeness (QED) is 0.707. The van der Waals surface area contributed by atoms with E-state index in [1.165, 1.54) is 10.6 Å². The molecule has 0 spiro atoms. The highest BCUT2D eigenvalue weighted by atomic mass is 32.2. The molecule has 2 heteroatoms. The van der Waals surface area contributed by atoms with Crippen molar-refractivity contribution in [3.8, 4) is 0 Å². The van der Waals surface area contributed by atoms with E-state index in [0.717, 1.165) is 17.4 Å². The molecular formula is C13H21NS. The van der Waals surface area contributed by atoms with Crippen LogP contribution in [0, 0.1) is 12.8 Å². The Morgan fingerprint density at radius 3 is 2.40 bits per heavy atom. The molecule has 0 N–H and O–H groups in total. The topological polar surface area (TPSA) is 12.9 Å². The van der Waals surface area contributed by atoms with E-state index < -0.39 is 0 Å². The molecule has 0 fully saturated rings. The molecule has 1 aromatic heterocycles. The van der Waals surface area contributed by atoms with Crippen molar-refractivity contribution >= 4 is 11.8 Å². The number of rotatable bonds is 4. The molecule has 0 radical (unpaired) electrons. The van der Waals surface area contributed by atoms with Gasteiger partial charge in [-0.1, -0.05) is 33.8 Å². The Labute approximate surface area is 97.7 Å². The molecule has 0 saturated carbocycles. The minimum atomic E-state index is 0.563. The summed E-state index contributed by atoms with van der Waals surface area (Å²) < 4.78 is 0. The second kappa shape index (κ2) is 5.55. The van der Waals surface area contributed by atoms with Gasteiger partial charge in [-0.2, -0.15) is 0 Å². The highest BCUT2D eigenvalue weighted by molar-refractivity contribution is 7.99. The summed E-state index contributed by atoms with van der Waals surface area (Å²) in [6.07, 6.45) is 0. The lowest BCUT2D eigenvalue weighted by molar-refractivity contribution is 0.746. The minimum Gasteiger partial charge on any atom is -0.247 e. The molecule has 0 amide bonds. The maximum Gasteiger partial charge on any atom is 0.0997 e. The number of aryl methyl sites for hydroxylation is 1. The number of thioether (sulfide) groups is 1. The molecule has 0 aliphatic rings. The first kappa shape index (κ1) is 12.6. The van der Waals surface area contributed by atoms with Crippen LogP contribution in [0.25, 0.3) is 0 Å². The number of pyridine rings is 1. The van der Waals surface area contributed by atoms with Crippen molar-refractivity contribution in [2.75, 3.05) is 5.75 Å². The van der Waals surface area contributed by atoms with Gasteiger partial charge in [0, 0.05) is 11.4 Å². The Morgan fingerprint density at radius 1 is 1.20 bits per heavy atom. The summed E-state index contributed by atoms with van der Waals surface area (Å²) >= 11 is 1.89. The van der Waals surface area contributed by atoms with E-state index in [2.05, 4.69) is 51.7 Å². The largest absolute Gasteiger partial charge is 0.247 e. The van der Waals surface area contributed by atoms with Crippen molar-refractivity contribution in [1.29, 1.82) is 0 Å². The first-order valence-electron chi connectivity index (χ1n) is 5.61. The van der Waals surface area contributed by atoms with Crippen LogP contribution in [-0.2, 0) is 0 Å². The summed E-state index contributed by atoms with van der Waals surface area (Å²) in [5.74, 6) is 2.43. The van der Waals surface area contributed by atoms with Crippen LogP contribution in [0.3, 0.4) is 0 Å². The molecule has 0 saturated heterocycles. The van der Waals surface area contributed by atoms with E-state index in [1.807, 2.05) is 11.8 Å². The molecule has 0 aromatic carbocycles. The lowest BCUT2D eigenvalue weighted by Crippen LogP contribution is -1.98. The summed E-state index contributed by atoms with van der Waals surface area (Å²) in [6.45, 7) is 11.0. The van der Waals surface area contributed by atoms with Gasteiger partial charge < -0.3 is 0 Å². The van der Waals surface area contributed by atoms with Crippen molar-refractivity contribution in [3.05, 3.63) is 23.4 Å². The molecule has 0 bridgehead atoms. The molecule has 15 heavy (non-hydrogen) atoms. The normalized spacial score (nSPS) is 11.4. The molecule has 84 valence electrons. The van der Waals surface area contributed by atoms with Crippen LogP contribution < -0.4 is 0 Å². The fraction of sp³-hybridized carbons (Fsp3) is 0.615. The highest BCUT2D eigenvalue weighted by Crippen LogP contribution is 2.28. The first-order valence-corrected chi connectivity index (χ1v) is 6.59. The summed E-state index contributed by atoms with van der Waals surface area (Å²) in [6, 6.07) is 4.32. The summed E-state index contributed by atoms with van der Waals surface area (Å²) in [4.78, 5) is 4.63. The summed E-state index contributed by atoms with van der Waals surface area (Å²) in [5.41, 5.74) is 2.50. The van der Waals surface area contributed by atoms with Crippen molar-refractivity contribution in [1.82, 2.24) is 4.98 Å². The van der Waals surface area contributed by atoms with Gasteiger partial charge in [0.25, 0.3) is 0 Å². The molecular weight excluding hydrogens is 202 g/mol. The average Bonchev–Trinajstić information content (AvgIpc) is 2.14. The van der Waals surface area contributed by atoms with Gasteiger partial charge in [0.2, 0.25) is 0 Å². The third-order valence-electron chi connectivity index (χ3n) is 2.20. The number of hydrogen-bond acceptors (Lipinski definition) is 2. The van der Waals surface area contributed by atoms with Crippen molar-refractivity contribution < 1.29 is 0 Å². The molecule has 1 nitrogen and oxygen atoms in total.